The molecule has 3 heterocycles. The van der Waals surface area contributed by atoms with Crippen molar-refractivity contribution in [3.63, 3.8) is 0 Å². The zero-order chi connectivity index (χ0) is 20.6. The standard InChI is InChI=1S/C24H34N6/c1-2-3-13-26-24-28-17-21(23(30-24)29-20-7-5-4-6-8-20)22-10-9-19(16-27-22)18-11-14-25-15-12-18/h9-11,16-17,20,25H,2-8,12-15H2,1H3,(H2,26,28,29,30). The highest BCUT2D eigenvalue weighted by molar-refractivity contribution is 5.74. The van der Waals surface area contributed by atoms with Gasteiger partial charge in [0.05, 0.1) is 11.3 Å². The van der Waals surface area contributed by atoms with Crippen LogP contribution in [0, 0.1) is 0 Å². The van der Waals surface area contributed by atoms with Crippen molar-refractivity contribution in [2.45, 2.75) is 64.3 Å². The molecule has 6 nitrogen and oxygen atoms in total. The van der Waals surface area contributed by atoms with E-state index >= 15 is 0 Å². The first-order valence-electron chi connectivity index (χ1n) is 11.6. The van der Waals surface area contributed by atoms with Crippen LogP contribution < -0.4 is 16.0 Å². The summed E-state index contributed by atoms with van der Waals surface area (Å²) >= 11 is 0. The highest BCUT2D eigenvalue weighted by Gasteiger charge is 2.18. The van der Waals surface area contributed by atoms with Crippen LogP contribution in [0.3, 0.4) is 0 Å². The van der Waals surface area contributed by atoms with Crippen LogP contribution in [-0.2, 0) is 0 Å². The number of nitrogens with zero attached hydrogens (tertiary/aromatic N) is 3. The second-order valence-electron chi connectivity index (χ2n) is 8.33. The van der Waals surface area contributed by atoms with Crippen molar-refractivity contribution in [2.75, 3.05) is 30.3 Å². The number of pyridine rings is 1. The molecule has 0 bridgehead atoms. The summed E-state index contributed by atoms with van der Waals surface area (Å²) < 4.78 is 0. The summed E-state index contributed by atoms with van der Waals surface area (Å²) in [6, 6.07) is 4.76. The van der Waals surface area contributed by atoms with Crippen molar-refractivity contribution in [1.29, 1.82) is 0 Å². The molecular weight excluding hydrogens is 372 g/mol. The van der Waals surface area contributed by atoms with E-state index in [9.17, 15) is 0 Å². The van der Waals surface area contributed by atoms with E-state index < -0.39 is 0 Å². The molecule has 0 aromatic carbocycles. The van der Waals surface area contributed by atoms with Gasteiger partial charge in [0.25, 0.3) is 0 Å². The van der Waals surface area contributed by atoms with E-state index in [1.165, 1.54) is 43.2 Å². The molecular formula is C24H34N6. The second-order valence-corrected chi connectivity index (χ2v) is 8.33. The van der Waals surface area contributed by atoms with Crippen LogP contribution in [0.1, 0.15) is 63.9 Å². The normalized spacial score (nSPS) is 17.4. The number of hydrogen-bond acceptors (Lipinski definition) is 6. The average molecular weight is 407 g/mol. The molecule has 0 spiro atoms. The third-order valence-electron chi connectivity index (χ3n) is 6.02. The van der Waals surface area contributed by atoms with Crippen molar-refractivity contribution >= 4 is 17.3 Å². The van der Waals surface area contributed by atoms with Gasteiger partial charge < -0.3 is 16.0 Å². The summed E-state index contributed by atoms with van der Waals surface area (Å²) in [5.74, 6) is 1.60. The number of anilines is 2. The zero-order valence-electron chi connectivity index (χ0n) is 18.1. The van der Waals surface area contributed by atoms with Gasteiger partial charge in [-0.1, -0.05) is 44.7 Å². The molecule has 0 atom stereocenters. The van der Waals surface area contributed by atoms with Gasteiger partial charge in [-0.05, 0) is 49.4 Å². The van der Waals surface area contributed by atoms with Crippen LogP contribution in [0.4, 0.5) is 11.8 Å². The summed E-state index contributed by atoms with van der Waals surface area (Å²) in [6.45, 7) is 5.06. The van der Waals surface area contributed by atoms with Gasteiger partial charge in [0.2, 0.25) is 5.95 Å². The lowest BCUT2D eigenvalue weighted by Crippen LogP contribution is -2.23. The number of rotatable bonds is 8. The SMILES string of the molecule is CCCCNc1ncc(-c2ccc(C3=CCNCC3)cn2)c(NC2CCCCC2)n1. The monoisotopic (exact) mass is 406 g/mol. The molecule has 6 heteroatoms. The third-order valence-corrected chi connectivity index (χ3v) is 6.02. The van der Waals surface area contributed by atoms with Crippen LogP contribution in [0.5, 0.6) is 0 Å². The molecule has 3 N–H and O–H groups in total. The first-order valence-corrected chi connectivity index (χ1v) is 11.6. The zero-order valence-corrected chi connectivity index (χ0v) is 18.1. The maximum atomic E-state index is 4.83. The van der Waals surface area contributed by atoms with E-state index in [2.05, 4.69) is 46.1 Å². The molecule has 0 radical (unpaired) electrons. The number of hydrogen-bond donors (Lipinski definition) is 3. The Morgan fingerprint density at radius 3 is 2.73 bits per heavy atom. The maximum absolute atomic E-state index is 4.83. The van der Waals surface area contributed by atoms with Crippen molar-refractivity contribution < 1.29 is 0 Å². The van der Waals surface area contributed by atoms with E-state index in [0.717, 1.165) is 56.0 Å². The van der Waals surface area contributed by atoms with Gasteiger partial charge in [0.1, 0.15) is 5.82 Å². The fourth-order valence-corrected chi connectivity index (χ4v) is 4.21. The lowest BCUT2D eigenvalue weighted by atomic mass is 9.95. The Morgan fingerprint density at radius 1 is 1.10 bits per heavy atom. The Balaban J connectivity index is 1.57. The Kier molecular flexibility index (Phi) is 7.29. The van der Waals surface area contributed by atoms with E-state index in [-0.39, 0.29) is 0 Å². The first kappa shape index (κ1) is 20.8. The Hall–Kier alpha value is -2.47. The number of aromatic nitrogens is 3. The molecule has 0 unspecified atom stereocenters. The molecule has 1 saturated carbocycles. The van der Waals surface area contributed by atoms with Crippen LogP contribution in [0.2, 0.25) is 0 Å². The number of unbranched alkanes of at least 4 members (excludes halogenated alkanes) is 1. The maximum Gasteiger partial charge on any atom is 0.224 e. The average Bonchev–Trinajstić information content (AvgIpc) is 2.81. The molecule has 0 saturated heterocycles. The molecule has 1 aliphatic carbocycles. The molecule has 0 amide bonds. The van der Waals surface area contributed by atoms with Crippen molar-refractivity contribution in [3.05, 3.63) is 36.2 Å². The van der Waals surface area contributed by atoms with Gasteiger partial charge in [0, 0.05) is 31.5 Å². The molecule has 1 fully saturated rings. The third kappa shape index (κ3) is 5.36. The Labute approximate surface area is 180 Å². The van der Waals surface area contributed by atoms with Crippen LogP contribution in [-0.4, -0.2) is 40.6 Å². The topological polar surface area (TPSA) is 74.8 Å². The summed E-state index contributed by atoms with van der Waals surface area (Å²) in [5.41, 5.74) is 4.49. The van der Waals surface area contributed by atoms with Crippen LogP contribution in [0.25, 0.3) is 16.8 Å². The van der Waals surface area contributed by atoms with Crippen LogP contribution in [0.15, 0.2) is 30.6 Å². The summed E-state index contributed by atoms with van der Waals surface area (Å²) in [4.78, 5) is 14.2. The fraction of sp³-hybridized carbons (Fsp3) is 0.542. The van der Waals surface area contributed by atoms with Crippen molar-refractivity contribution in [2.24, 2.45) is 0 Å². The van der Waals surface area contributed by atoms with Gasteiger partial charge in [0.15, 0.2) is 0 Å². The minimum Gasteiger partial charge on any atom is -0.367 e. The Bertz CT molecular complexity index is 839. The largest absolute Gasteiger partial charge is 0.367 e. The summed E-state index contributed by atoms with van der Waals surface area (Å²) in [5, 5.41) is 10.4. The van der Waals surface area contributed by atoms with Gasteiger partial charge in [-0.2, -0.15) is 4.98 Å². The van der Waals surface area contributed by atoms with Gasteiger partial charge in [-0.25, -0.2) is 4.98 Å². The molecule has 1 aliphatic heterocycles. The predicted octanol–water partition coefficient (Wildman–Crippen LogP) is 4.87. The quantitative estimate of drug-likeness (QED) is 0.543. The molecule has 160 valence electrons. The highest BCUT2D eigenvalue weighted by atomic mass is 15.1. The van der Waals surface area contributed by atoms with Gasteiger partial charge >= 0.3 is 0 Å². The van der Waals surface area contributed by atoms with Crippen LogP contribution >= 0.6 is 0 Å². The van der Waals surface area contributed by atoms with E-state index in [4.69, 9.17) is 9.97 Å². The molecule has 4 rings (SSSR count). The van der Waals surface area contributed by atoms with E-state index in [1.807, 2.05) is 12.4 Å². The highest BCUT2D eigenvalue weighted by Crippen LogP contribution is 2.30. The molecule has 2 aliphatic rings. The molecule has 30 heavy (non-hydrogen) atoms. The minimum atomic E-state index is 0.482. The first-order chi connectivity index (χ1) is 14.8. The lowest BCUT2D eigenvalue weighted by molar-refractivity contribution is 0.462. The second kappa shape index (κ2) is 10.5. The van der Waals surface area contributed by atoms with E-state index in [0.29, 0.717) is 12.0 Å². The van der Waals surface area contributed by atoms with Gasteiger partial charge in [-0.15, -0.1) is 0 Å². The van der Waals surface area contributed by atoms with Crippen molar-refractivity contribution in [3.8, 4) is 11.3 Å². The minimum absolute atomic E-state index is 0.482. The molecule has 2 aromatic rings. The predicted molar refractivity (Wildman–Crippen MR) is 125 cm³/mol. The van der Waals surface area contributed by atoms with Crippen molar-refractivity contribution in [1.82, 2.24) is 20.3 Å². The molecule has 2 aromatic heterocycles. The fourth-order valence-electron chi connectivity index (χ4n) is 4.21. The smallest absolute Gasteiger partial charge is 0.224 e. The lowest BCUT2D eigenvalue weighted by Gasteiger charge is -2.24. The Morgan fingerprint density at radius 2 is 2.00 bits per heavy atom. The van der Waals surface area contributed by atoms with Gasteiger partial charge in [-0.3, -0.25) is 4.98 Å². The number of nitrogens with one attached hydrogen (secondary N) is 3. The summed E-state index contributed by atoms with van der Waals surface area (Å²) in [6.07, 6.45) is 15.8. The van der Waals surface area contributed by atoms with E-state index in [1.54, 1.807) is 0 Å². The summed E-state index contributed by atoms with van der Waals surface area (Å²) in [7, 11) is 0.